The molecule has 0 aliphatic carbocycles. The normalized spacial score (nSPS) is 16.8. The Labute approximate surface area is 211 Å². The van der Waals surface area contributed by atoms with Gasteiger partial charge in [-0.25, -0.2) is 0 Å². The molecule has 4 rings (SSSR count). The monoisotopic (exact) mass is 486 g/mol. The number of benzene rings is 3. The number of methoxy groups -OCH3 is 2. The minimum atomic E-state index is -0.832. The fraction of sp³-hybridized carbons (Fsp3) is 0.241. The van der Waals surface area contributed by atoms with Crippen LogP contribution in [0.3, 0.4) is 0 Å². The highest BCUT2D eigenvalue weighted by atomic mass is 16.5. The summed E-state index contributed by atoms with van der Waals surface area (Å²) in [6.45, 7) is 3.91. The van der Waals surface area contributed by atoms with Crippen LogP contribution < -0.4 is 19.3 Å². The molecule has 0 radical (unpaired) electrons. The lowest BCUT2D eigenvalue weighted by Gasteiger charge is -2.26. The van der Waals surface area contributed by atoms with E-state index in [4.69, 9.17) is 9.47 Å². The molecule has 1 fully saturated rings. The number of ketones is 1. The van der Waals surface area contributed by atoms with Crippen molar-refractivity contribution >= 4 is 28.8 Å². The van der Waals surface area contributed by atoms with E-state index in [0.29, 0.717) is 28.3 Å². The minimum absolute atomic E-state index is 0.0376. The molecular formula is C29H30N2O5. The third-order valence-electron chi connectivity index (χ3n) is 6.60. The van der Waals surface area contributed by atoms with Gasteiger partial charge in [0.2, 0.25) is 0 Å². The van der Waals surface area contributed by atoms with Crippen LogP contribution in [0.5, 0.6) is 11.5 Å². The minimum Gasteiger partial charge on any atom is -0.507 e. The number of ether oxygens (including phenoxy) is 2. The van der Waals surface area contributed by atoms with Crippen molar-refractivity contribution in [3.63, 3.8) is 0 Å². The SMILES string of the molecule is COc1ccc(N2C(=O)C(=O)/C(=C(/O)c3ccc(C)c(C)c3)C2c2ccc(N(C)C)cc2)cc1OC. The number of carbonyl (C=O) groups is 2. The number of aryl methyl sites for hydroxylation is 2. The Morgan fingerprint density at radius 1 is 0.861 bits per heavy atom. The van der Waals surface area contributed by atoms with Crippen LogP contribution in [0.2, 0.25) is 0 Å². The van der Waals surface area contributed by atoms with Crippen molar-refractivity contribution in [3.05, 3.63) is 88.5 Å². The number of hydrogen-bond donors (Lipinski definition) is 1. The van der Waals surface area contributed by atoms with E-state index in [1.807, 2.05) is 69.2 Å². The molecule has 0 aromatic heterocycles. The summed E-state index contributed by atoms with van der Waals surface area (Å²) < 4.78 is 10.8. The lowest BCUT2D eigenvalue weighted by Crippen LogP contribution is -2.29. The van der Waals surface area contributed by atoms with Crippen LogP contribution in [-0.4, -0.2) is 45.1 Å². The van der Waals surface area contributed by atoms with Gasteiger partial charge in [0, 0.05) is 37.1 Å². The predicted octanol–water partition coefficient (Wildman–Crippen LogP) is 5.01. The van der Waals surface area contributed by atoms with Crippen LogP contribution in [0.15, 0.2) is 66.2 Å². The Morgan fingerprint density at radius 3 is 2.11 bits per heavy atom. The summed E-state index contributed by atoms with van der Waals surface area (Å²) in [5.41, 5.74) is 4.67. The van der Waals surface area contributed by atoms with Crippen LogP contribution in [0, 0.1) is 13.8 Å². The number of hydrogen-bond acceptors (Lipinski definition) is 6. The topological polar surface area (TPSA) is 79.3 Å². The number of rotatable bonds is 6. The quantitative estimate of drug-likeness (QED) is 0.300. The summed E-state index contributed by atoms with van der Waals surface area (Å²) in [5, 5.41) is 11.4. The smallest absolute Gasteiger partial charge is 0.300 e. The van der Waals surface area contributed by atoms with Crippen molar-refractivity contribution in [2.75, 3.05) is 38.1 Å². The lowest BCUT2D eigenvalue weighted by atomic mass is 9.94. The van der Waals surface area contributed by atoms with Crippen LogP contribution in [0.25, 0.3) is 5.76 Å². The first kappa shape index (κ1) is 24.9. The average Bonchev–Trinajstić information content (AvgIpc) is 3.15. The van der Waals surface area contributed by atoms with Crippen molar-refractivity contribution in [1.29, 1.82) is 0 Å². The van der Waals surface area contributed by atoms with E-state index >= 15 is 0 Å². The standard InChI is InChI=1S/C29H30N2O5/c1-17-7-8-20(15-18(17)2)27(32)25-26(19-9-11-21(12-10-19)30(3)4)31(29(34)28(25)33)22-13-14-23(35-5)24(16-22)36-6/h7-16,26,32H,1-6H3/b27-25+. The van der Waals surface area contributed by atoms with Gasteiger partial charge in [-0.1, -0.05) is 24.3 Å². The second kappa shape index (κ2) is 9.77. The fourth-order valence-corrected chi connectivity index (χ4v) is 4.39. The van der Waals surface area contributed by atoms with Gasteiger partial charge >= 0.3 is 0 Å². The molecular weight excluding hydrogens is 456 g/mol. The van der Waals surface area contributed by atoms with Gasteiger partial charge in [-0.15, -0.1) is 0 Å². The molecule has 186 valence electrons. The van der Waals surface area contributed by atoms with Crippen LogP contribution in [0.1, 0.15) is 28.3 Å². The summed E-state index contributed by atoms with van der Waals surface area (Å²) in [5.74, 6) is -0.759. The molecule has 1 atom stereocenters. The maximum atomic E-state index is 13.4. The molecule has 1 saturated heterocycles. The fourth-order valence-electron chi connectivity index (χ4n) is 4.39. The molecule has 1 unspecified atom stereocenters. The second-order valence-electron chi connectivity index (χ2n) is 8.99. The molecule has 0 spiro atoms. The molecule has 3 aromatic carbocycles. The highest BCUT2D eigenvalue weighted by molar-refractivity contribution is 6.51. The van der Waals surface area contributed by atoms with E-state index in [0.717, 1.165) is 16.8 Å². The highest BCUT2D eigenvalue weighted by Gasteiger charge is 2.47. The van der Waals surface area contributed by atoms with Crippen molar-refractivity contribution in [2.24, 2.45) is 0 Å². The summed E-state index contributed by atoms with van der Waals surface area (Å²) >= 11 is 0. The number of amides is 1. The van der Waals surface area contributed by atoms with Gasteiger partial charge < -0.3 is 19.5 Å². The number of anilines is 2. The van der Waals surface area contributed by atoms with E-state index in [-0.39, 0.29) is 11.3 Å². The van der Waals surface area contributed by atoms with Gasteiger partial charge in [0.25, 0.3) is 11.7 Å². The zero-order valence-electron chi connectivity index (χ0n) is 21.3. The molecule has 3 aromatic rings. The van der Waals surface area contributed by atoms with Gasteiger partial charge in [-0.05, 0) is 60.9 Å². The molecule has 0 bridgehead atoms. The maximum Gasteiger partial charge on any atom is 0.300 e. The highest BCUT2D eigenvalue weighted by Crippen LogP contribution is 2.44. The first-order valence-electron chi connectivity index (χ1n) is 11.6. The van der Waals surface area contributed by atoms with E-state index < -0.39 is 17.7 Å². The molecule has 1 aliphatic heterocycles. The summed E-state index contributed by atoms with van der Waals surface area (Å²) in [6.07, 6.45) is 0. The second-order valence-corrected chi connectivity index (χ2v) is 8.99. The first-order valence-corrected chi connectivity index (χ1v) is 11.6. The molecule has 7 nitrogen and oxygen atoms in total. The zero-order chi connectivity index (χ0) is 26.1. The molecule has 36 heavy (non-hydrogen) atoms. The summed E-state index contributed by atoms with van der Waals surface area (Å²) in [4.78, 5) is 30.2. The van der Waals surface area contributed by atoms with Crippen molar-refractivity contribution in [1.82, 2.24) is 0 Å². The van der Waals surface area contributed by atoms with Gasteiger partial charge in [0.05, 0.1) is 25.8 Å². The van der Waals surface area contributed by atoms with E-state index in [1.165, 1.54) is 19.1 Å². The lowest BCUT2D eigenvalue weighted by molar-refractivity contribution is -0.132. The molecule has 1 heterocycles. The molecule has 1 N–H and O–H groups in total. The van der Waals surface area contributed by atoms with E-state index in [2.05, 4.69) is 0 Å². The number of aliphatic hydroxyl groups excluding tert-OH is 1. The number of aliphatic hydroxyl groups is 1. The summed E-state index contributed by atoms with van der Waals surface area (Å²) in [6, 6.07) is 17.2. The largest absolute Gasteiger partial charge is 0.507 e. The van der Waals surface area contributed by atoms with Crippen LogP contribution in [-0.2, 0) is 9.59 Å². The van der Waals surface area contributed by atoms with Crippen LogP contribution >= 0.6 is 0 Å². The molecule has 7 heteroatoms. The van der Waals surface area contributed by atoms with Crippen molar-refractivity contribution in [3.8, 4) is 11.5 Å². The molecule has 1 aliphatic rings. The van der Waals surface area contributed by atoms with Crippen LogP contribution in [0.4, 0.5) is 11.4 Å². The Bertz CT molecular complexity index is 1360. The zero-order valence-corrected chi connectivity index (χ0v) is 21.3. The molecule has 0 saturated carbocycles. The average molecular weight is 487 g/mol. The number of nitrogens with zero attached hydrogens (tertiary/aromatic N) is 2. The van der Waals surface area contributed by atoms with Crippen molar-refractivity contribution < 1.29 is 24.2 Å². The number of carbonyl (C=O) groups excluding carboxylic acids is 2. The third-order valence-corrected chi connectivity index (χ3v) is 6.60. The Kier molecular flexibility index (Phi) is 6.75. The van der Waals surface area contributed by atoms with Gasteiger partial charge in [-0.3, -0.25) is 14.5 Å². The number of Topliss-reactive ketones (excluding diaryl/α,β-unsaturated/α-hetero) is 1. The third kappa shape index (κ3) is 4.28. The van der Waals surface area contributed by atoms with E-state index in [1.54, 1.807) is 24.3 Å². The first-order chi connectivity index (χ1) is 17.2. The Hall–Kier alpha value is -4.26. The molecule has 1 amide bonds. The Morgan fingerprint density at radius 2 is 1.53 bits per heavy atom. The van der Waals surface area contributed by atoms with Gasteiger partial charge in [0.1, 0.15) is 5.76 Å². The van der Waals surface area contributed by atoms with E-state index in [9.17, 15) is 14.7 Å². The van der Waals surface area contributed by atoms with Gasteiger partial charge in [0.15, 0.2) is 11.5 Å². The predicted molar refractivity (Wildman–Crippen MR) is 141 cm³/mol. The summed E-state index contributed by atoms with van der Waals surface area (Å²) in [7, 11) is 6.90. The maximum absolute atomic E-state index is 13.4. The van der Waals surface area contributed by atoms with Crippen molar-refractivity contribution in [2.45, 2.75) is 19.9 Å². The Balaban J connectivity index is 1.94. The van der Waals surface area contributed by atoms with Gasteiger partial charge in [-0.2, -0.15) is 0 Å².